The summed E-state index contributed by atoms with van der Waals surface area (Å²) in [4.78, 5) is 31.8. The van der Waals surface area contributed by atoms with Crippen molar-refractivity contribution in [1.29, 1.82) is 0 Å². The molecule has 0 saturated carbocycles. The molecule has 6 rings (SSSR count). The summed E-state index contributed by atoms with van der Waals surface area (Å²) in [6.45, 7) is 5.96. The number of halogens is 3. The van der Waals surface area contributed by atoms with Gasteiger partial charge in [-0.15, -0.1) is 0 Å². The van der Waals surface area contributed by atoms with Crippen molar-refractivity contribution in [3.63, 3.8) is 0 Å². The number of H-pyrrole nitrogens is 1. The average Bonchev–Trinajstić information content (AvgIpc) is 3.55. The lowest BCUT2D eigenvalue weighted by molar-refractivity contribution is -0.147. The number of hydrogen-bond acceptors (Lipinski definition) is 5. The highest BCUT2D eigenvalue weighted by molar-refractivity contribution is 5.97. The van der Waals surface area contributed by atoms with Crippen LogP contribution in [0.5, 0.6) is 0 Å². The third kappa shape index (κ3) is 4.77. The highest BCUT2D eigenvalue weighted by Crippen LogP contribution is 2.36. The van der Waals surface area contributed by atoms with Crippen molar-refractivity contribution in [1.82, 2.24) is 29.4 Å². The zero-order chi connectivity index (χ0) is 27.3. The minimum atomic E-state index is -4.58. The van der Waals surface area contributed by atoms with Gasteiger partial charge in [-0.3, -0.25) is 4.79 Å². The van der Waals surface area contributed by atoms with Gasteiger partial charge in [0.25, 0.3) is 5.91 Å². The van der Waals surface area contributed by atoms with E-state index in [1.54, 1.807) is 30.9 Å². The first-order valence-electron chi connectivity index (χ1n) is 13.5. The number of amides is 1. The van der Waals surface area contributed by atoms with E-state index in [0.29, 0.717) is 30.1 Å². The molecular weight excluding hydrogens is 509 g/mol. The molecule has 2 saturated heterocycles. The standard InChI is InChI=1S/C28H31F3N6O2/c1-16(2)37-22-4-3-19(15-21(22)33-27(37)28(29,30)31)26(38)36-11-6-17(7-12-36)20-5-10-32-25-23(20)34-24(35-25)18-8-13-39-14-9-18/h3-5,10,15-18H,6-9,11-14H2,1-2H3,(H,32,34,35). The molecular formula is C28H31F3N6O2. The molecule has 11 heteroatoms. The number of likely N-dealkylation sites (tertiary alicyclic amines) is 1. The van der Waals surface area contributed by atoms with E-state index in [4.69, 9.17) is 9.72 Å². The molecule has 0 spiro atoms. The first-order valence-corrected chi connectivity index (χ1v) is 13.5. The predicted molar refractivity (Wildman–Crippen MR) is 140 cm³/mol. The van der Waals surface area contributed by atoms with Crippen LogP contribution in [-0.4, -0.2) is 61.6 Å². The fourth-order valence-corrected chi connectivity index (χ4v) is 5.97. The van der Waals surface area contributed by atoms with Crippen LogP contribution in [0.3, 0.4) is 0 Å². The lowest BCUT2D eigenvalue weighted by atomic mass is 9.89. The molecule has 4 aromatic rings. The fraction of sp³-hybridized carbons (Fsp3) is 0.500. The highest BCUT2D eigenvalue weighted by atomic mass is 19.4. The molecule has 0 radical (unpaired) electrons. The van der Waals surface area contributed by atoms with Gasteiger partial charge in [0.05, 0.1) is 11.0 Å². The zero-order valence-electron chi connectivity index (χ0n) is 22.0. The van der Waals surface area contributed by atoms with Crippen LogP contribution >= 0.6 is 0 Å². The number of imidazole rings is 2. The molecule has 39 heavy (non-hydrogen) atoms. The number of nitrogens with zero attached hydrogens (tertiary/aromatic N) is 5. The molecule has 206 valence electrons. The summed E-state index contributed by atoms with van der Waals surface area (Å²) in [6, 6.07) is 6.25. The Morgan fingerprint density at radius 3 is 2.49 bits per heavy atom. The number of rotatable bonds is 4. The second-order valence-corrected chi connectivity index (χ2v) is 10.8. The van der Waals surface area contributed by atoms with Gasteiger partial charge in [-0.05, 0) is 75.3 Å². The fourth-order valence-electron chi connectivity index (χ4n) is 5.97. The van der Waals surface area contributed by atoms with Crippen molar-refractivity contribution in [2.75, 3.05) is 26.3 Å². The number of carbonyl (C=O) groups excluding carboxylic acids is 1. The van der Waals surface area contributed by atoms with Crippen LogP contribution in [0.2, 0.25) is 0 Å². The van der Waals surface area contributed by atoms with Crippen molar-refractivity contribution in [3.05, 3.63) is 53.2 Å². The Morgan fingerprint density at radius 2 is 1.79 bits per heavy atom. The molecule has 0 bridgehead atoms. The van der Waals surface area contributed by atoms with Gasteiger partial charge in [-0.2, -0.15) is 13.2 Å². The first kappa shape index (κ1) is 25.8. The molecule has 1 N–H and O–H groups in total. The van der Waals surface area contributed by atoms with Crippen LogP contribution in [0.4, 0.5) is 13.2 Å². The maximum Gasteiger partial charge on any atom is 0.449 e. The van der Waals surface area contributed by atoms with E-state index in [0.717, 1.165) is 61.4 Å². The van der Waals surface area contributed by atoms with E-state index >= 15 is 0 Å². The van der Waals surface area contributed by atoms with Crippen LogP contribution in [-0.2, 0) is 10.9 Å². The molecule has 2 aliphatic rings. The van der Waals surface area contributed by atoms with Gasteiger partial charge in [0.2, 0.25) is 5.82 Å². The van der Waals surface area contributed by atoms with Gasteiger partial charge in [0.15, 0.2) is 5.65 Å². The maximum absolute atomic E-state index is 13.6. The van der Waals surface area contributed by atoms with E-state index in [-0.39, 0.29) is 17.3 Å². The zero-order valence-corrected chi connectivity index (χ0v) is 22.0. The number of hydrogen-bond donors (Lipinski definition) is 1. The molecule has 8 nitrogen and oxygen atoms in total. The van der Waals surface area contributed by atoms with Crippen LogP contribution in [0.25, 0.3) is 22.2 Å². The number of aromatic amines is 1. The van der Waals surface area contributed by atoms with Crippen molar-refractivity contribution in [3.8, 4) is 0 Å². The maximum atomic E-state index is 13.6. The molecule has 0 aliphatic carbocycles. The molecule has 3 aromatic heterocycles. The topological polar surface area (TPSA) is 88.9 Å². The Morgan fingerprint density at radius 1 is 1.05 bits per heavy atom. The number of piperidine rings is 1. The van der Waals surface area contributed by atoms with Gasteiger partial charge < -0.3 is 19.2 Å². The van der Waals surface area contributed by atoms with Gasteiger partial charge >= 0.3 is 6.18 Å². The second kappa shape index (κ2) is 9.93. The summed E-state index contributed by atoms with van der Waals surface area (Å²) in [5, 5.41) is 0. The number of ether oxygens (including phenoxy) is 1. The number of nitrogens with one attached hydrogen (secondary N) is 1. The van der Waals surface area contributed by atoms with E-state index in [2.05, 4.69) is 15.0 Å². The summed E-state index contributed by atoms with van der Waals surface area (Å²) in [5.41, 5.74) is 3.73. The monoisotopic (exact) mass is 540 g/mol. The average molecular weight is 541 g/mol. The summed E-state index contributed by atoms with van der Waals surface area (Å²) in [5.74, 6) is 0.412. The van der Waals surface area contributed by atoms with Crippen molar-refractivity contribution in [2.24, 2.45) is 0 Å². The summed E-state index contributed by atoms with van der Waals surface area (Å²) in [6.07, 6.45) is 0.655. The van der Waals surface area contributed by atoms with Crippen LogP contribution < -0.4 is 0 Å². The number of carbonyl (C=O) groups is 1. The predicted octanol–water partition coefficient (Wildman–Crippen LogP) is 5.82. The molecule has 1 amide bonds. The minimum Gasteiger partial charge on any atom is -0.381 e. The summed E-state index contributed by atoms with van der Waals surface area (Å²) < 4.78 is 47.4. The second-order valence-electron chi connectivity index (χ2n) is 10.8. The van der Waals surface area contributed by atoms with Crippen molar-refractivity contribution < 1.29 is 22.7 Å². The number of benzene rings is 1. The Labute approximate surface area is 223 Å². The summed E-state index contributed by atoms with van der Waals surface area (Å²) >= 11 is 0. The third-order valence-electron chi connectivity index (χ3n) is 7.97. The Balaban J connectivity index is 1.19. The van der Waals surface area contributed by atoms with E-state index in [1.807, 2.05) is 12.3 Å². The number of aromatic nitrogens is 5. The molecule has 2 aliphatic heterocycles. The number of fused-ring (bicyclic) bond motifs is 2. The van der Waals surface area contributed by atoms with Crippen LogP contribution in [0.1, 0.15) is 85.0 Å². The Kier molecular flexibility index (Phi) is 6.57. The van der Waals surface area contributed by atoms with Gasteiger partial charge in [0, 0.05) is 50.0 Å². The van der Waals surface area contributed by atoms with Gasteiger partial charge in [0.1, 0.15) is 11.3 Å². The van der Waals surface area contributed by atoms with Crippen molar-refractivity contribution in [2.45, 2.75) is 63.6 Å². The van der Waals surface area contributed by atoms with E-state index in [1.165, 1.54) is 10.6 Å². The van der Waals surface area contributed by atoms with Crippen LogP contribution in [0.15, 0.2) is 30.5 Å². The normalized spacial score (nSPS) is 18.1. The quantitative estimate of drug-likeness (QED) is 0.352. The molecule has 0 atom stereocenters. The lowest BCUT2D eigenvalue weighted by Crippen LogP contribution is -2.38. The minimum absolute atomic E-state index is 0.176. The lowest BCUT2D eigenvalue weighted by Gasteiger charge is -2.32. The highest BCUT2D eigenvalue weighted by Gasteiger charge is 2.38. The molecule has 0 unspecified atom stereocenters. The van der Waals surface area contributed by atoms with Crippen molar-refractivity contribution >= 4 is 28.1 Å². The Bertz CT molecular complexity index is 1510. The smallest absolute Gasteiger partial charge is 0.381 e. The number of alkyl halides is 3. The van der Waals surface area contributed by atoms with Crippen LogP contribution in [0, 0.1) is 0 Å². The van der Waals surface area contributed by atoms with E-state index in [9.17, 15) is 18.0 Å². The molecule has 1 aromatic carbocycles. The SMILES string of the molecule is CC(C)n1c(C(F)(F)F)nc2cc(C(=O)N3CCC(c4ccnc5[nH]c(C6CCOCC6)nc45)CC3)ccc21. The first-order chi connectivity index (χ1) is 18.7. The summed E-state index contributed by atoms with van der Waals surface area (Å²) in [7, 11) is 0. The van der Waals surface area contributed by atoms with Gasteiger partial charge in [-0.25, -0.2) is 15.0 Å². The number of pyridine rings is 1. The Hall–Kier alpha value is -3.47. The van der Waals surface area contributed by atoms with E-state index < -0.39 is 18.0 Å². The molecule has 2 fully saturated rings. The van der Waals surface area contributed by atoms with Gasteiger partial charge in [-0.1, -0.05) is 0 Å². The molecule has 5 heterocycles. The third-order valence-corrected chi connectivity index (χ3v) is 7.97. The largest absolute Gasteiger partial charge is 0.449 e.